The molecule has 0 saturated heterocycles. The van der Waals surface area contributed by atoms with Crippen molar-refractivity contribution in [3.05, 3.63) is 55.6 Å². The summed E-state index contributed by atoms with van der Waals surface area (Å²) in [4.78, 5) is 16.1. The predicted molar refractivity (Wildman–Crippen MR) is 81.7 cm³/mol. The van der Waals surface area contributed by atoms with Crippen molar-refractivity contribution in [3.63, 3.8) is 0 Å². The van der Waals surface area contributed by atoms with Gasteiger partial charge in [0.1, 0.15) is 4.60 Å². The van der Waals surface area contributed by atoms with Crippen LogP contribution in [0.5, 0.6) is 0 Å². The highest BCUT2D eigenvalue weighted by molar-refractivity contribution is 9.11. The monoisotopic (exact) mass is 432 g/mol. The number of benzene rings is 1. The van der Waals surface area contributed by atoms with Crippen molar-refractivity contribution in [2.24, 2.45) is 0 Å². The van der Waals surface area contributed by atoms with Gasteiger partial charge in [-0.2, -0.15) is 0 Å². The van der Waals surface area contributed by atoms with Crippen molar-refractivity contribution in [1.82, 2.24) is 4.98 Å². The van der Waals surface area contributed by atoms with E-state index in [0.717, 1.165) is 8.95 Å². The second-order valence-corrected chi connectivity index (χ2v) is 5.94. The molecule has 0 saturated carbocycles. The van der Waals surface area contributed by atoms with Gasteiger partial charge in [-0.1, -0.05) is 15.9 Å². The van der Waals surface area contributed by atoms with E-state index in [-0.39, 0.29) is 5.91 Å². The molecule has 0 bridgehead atoms. The van der Waals surface area contributed by atoms with Gasteiger partial charge < -0.3 is 5.32 Å². The highest BCUT2D eigenvalue weighted by atomic mass is 79.9. The van der Waals surface area contributed by atoms with Crippen LogP contribution in [0.2, 0.25) is 0 Å². The van der Waals surface area contributed by atoms with Gasteiger partial charge in [0.2, 0.25) is 0 Å². The third-order valence-corrected chi connectivity index (χ3v) is 4.00. The van der Waals surface area contributed by atoms with E-state index in [1.165, 1.54) is 0 Å². The number of halogens is 3. The molecule has 0 unspecified atom stereocenters. The Labute approximate surface area is 129 Å². The average molecular weight is 435 g/mol. The summed E-state index contributed by atoms with van der Waals surface area (Å²) in [6.07, 6.45) is 1.62. The number of anilines is 1. The molecule has 0 atom stereocenters. The van der Waals surface area contributed by atoms with Crippen LogP contribution < -0.4 is 5.32 Å². The van der Waals surface area contributed by atoms with E-state index in [2.05, 4.69) is 58.1 Å². The summed E-state index contributed by atoms with van der Waals surface area (Å²) in [5.74, 6) is -0.214. The molecule has 1 aromatic heterocycles. The fraction of sp³-hybridized carbons (Fsp3) is 0. The standard InChI is InChI=1S/C12H7Br3N2O/c13-7-3-4-9(14)10(6-7)17-12(18)8-2-1-5-16-11(8)15/h1-6H,(H,17,18). The molecule has 0 spiro atoms. The highest BCUT2D eigenvalue weighted by Gasteiger charge is 2.12. The summed E-state index contributed by atoms with van der Waals surface area (Å²) in [5, 5.41) is 2.82. The van der Waals surface area contributed by atoms with E-state index in [1.54, 1.807) is 18.3 Å². The van der Waals surface area contributed by atoms with Gasteiger partial charge in [0.05, 0.1) is 11.3 Å². The first-order valence-corrected chi connectivity index (χ1v) is 7.33. The molecule has 1 amide bonds. The summed E-state index contributed by atoms with van der Waals surface area (Å²) < 4.78 is 2.24. The van der Waals surface area contributed by atoms with Gasteiger partial charge in [-0.05, 0) is 62.2 Å². The smallest absolute Gasteiger partial charge is 0.258 e. The van der Waals surface area contributed by atoms with Crippen LogP contribution in [-0.4, -0.2) is 10.9 Å². The van der Waals surface area contributed by atoms with Crippen molar-refractivity contribution >= 4 is 59.4 Å². The summed E-state index contributed by atoms with van der Waals surface area (Å²) in [6, 6.07) is 9.00. The van der Waals surface area contributed by atoms with Crippen LogP contribution in [0.1, 0.15) is 10.4 Å². The molecule has 0 radical (unpaired) electrons. The maximum Gasteiger partial charge on any atom is 0.258 e. The van der Waals surface area contributed by atoms with Gasteiger partial charge in [-0.15, -0.1) is 0 Å². The van der Waals surface area contributed by atoms with Crippen molar-refractivity contribution in [3.8, 4) is 0 Å². The van der Waals surface area contributed by atoms with Crippen molar-refractivity contribution in [1.29, 1.82) is 0 Å². The first-order valence-electron chi connectivity index (χ1n) is 4.95. The first kappa shape index (κ1) is 13.7. The predicted octanol–water partition coefficient (Wildman–Crippen LogP) is 4.62. The number of aromatic nitrogens is 1. The van der Waals surface area contributed by atoms with E-state index in [0.29, 0.717) is 15.9 Å². The number of rotatable bonds is 2. The molecular formula is C12H7Br3N2O. The number of nitrogens with zero attached hydrogens (tertiary/aromatic N) is 1. The van der Waals surface area contributed by atoms with Crippen molar-refractivity contribution < 1.29 is 4.79 Å². The molecule has 2 rings (SSSR count). The van der Waals surface area contributed by atoms with Crippen LogP contribution >= 0.6 is 47.8 Å². The minimum Gasteiger partial charge on any atom is -0.321 e. The molecule has 0 fully saturated rings. The third kappa shape index (κ3) is 3.18. The van der Waals surface area contributed by atoms with Gasteiger partial charge in [0.25, 0.3) is 5.91 Å². The van der Waals surface area contributed by atoms with Gasteiger partial charge in [0.15, 0.2) is 0 Å². The molecule has 0 aliphatic carbocycles. The second kappa shape index (κ2) is 5.95. The minimum absolute atomic E-state index is 0.214. The highest BCUT2D eigenvalue weighted by Crippen LogP contribution is 2.27. The lowest BCUT2D eigenvalue weighted by atomic mass is 10.2. The lowest BCUT2D eigenvalue weighted by molar-refractivity contribution is 0.102. The van der Waals surface area contributed by atoms with E-state index >= 15 is 0 Å². The van der Waals surface area contributed by atoms with Crippen LogP contribution in [0.3, 0.4) is 0 Å². The van der Waals surface area contributed by atoms with Crippen LogP contribution in [0.15, 0.2) is 50.1 Å². The average Bonchev–Trinajstić information content (AvgIpc) is 2.34. The van der Waals surface area contributed by atoms with Crippen molar-refractivity contribution in [2.45, 2.75) is 0 Å². The Morgan fingerprint density at radius 1 is 1.17 bits per heavy atom. The fourth-order valence-electron chi connectivity index (χ4n) is 1.34. The second-order valence-electron chi connectivity index (χ2n) is 3.42. The topological polar surface area (TPSA) is 42.0 Å². The number of amides is 1. The number of pyridine rings is 1. The Kier molecular flexibility index (Phi) is 4.53. The van der Waals surface area contributed by atoms with Crippen LogP contribution in [-0.2, 0) is 0 Å². The Balaban J connectivity index is 2.27. The Hall–Kier alpha value is -0.720. The lowest BCUT2D eigenvalue weighted by Gasteiger charge is -2.08. The molecule has 0 aliphatic rings. The lowest BCUT2D eigenvalue weighted by Crippen LogP contribution is -2.13. The zero-order chi connectivity index (χ0) is 13.1. The normalized spacial score (nSPS) is 10.2. The maximum absolute atomic E-state index is 12.1. The van der Waals surface area contributed by atoms with E-state index in [9.17, 15) is 4.79 Å². The number of hydrogen-bond acceptors (Lipinski definition) is 2. The molecule has 0 aliphatic heterocycles. The SMILES string of the molecule is O=C(Nc1cc(Br)ccc1Br)c1cccnc1Br. The zero-order valence-corrected chi connectivity index (χ0v) is 13.7. The summed E-state index contributed by atoms with van der Waals surface area (Å²) in [6.45, 7) is 0. The molecule has 3 nitrogen and oxygen atoms in total. The molecule has 92 valence electrons. The Morgan fingerprint density at radius 3 is 2.67 bits per heavy atom. The maximum atomic E-state index is 12.1. The molecule has 2 aromatic rings. The minimum atomic E-state index is -0.214. The number of carbonyl (C=O) groups is 1. The molecule has 1 N–H and O–H groups in total. The fourth-order valence-corrected chi connectivity index (χ4v) is 2.48. The van der Waals surface area contributed by atoms with Crippen LogP contribution in [0, 0.1) is 0 Å². The summed E-state index contributed by atoms with van der Waals surface area (Å²) in [7, 11) is 0. The van der Waals surface area contributed by atoms with Crippen LogP contribution in [0.25, 0.3) is 0 Å². The van der Waals surface area contributed by atoms with Gasteiger partial charge in [0, 0.05) is 15.1 Å². The van der Waals surface area contributed by atoms with E-state index < -0.39 is 0 Å². The van der Waals surface area contributed by atoms with Crippen molar-refractivity contribution in [2.75, 3.05) is 5.32 Å². The van der Waals surface area contributed by atoms with Gasteiger partial charge in [-0.3, -0.25) is 4.79 Å². The first-order chi connectivity index (χ1) is 8.58. The summed E-state index contributed by atoms with van der Waals surface area (Å²) >= 11 is 10.0. The molecule has 1 aromatic carbocycles. The molecule has 1 heterocycles. The van der Waals surface area contributed by atoms with E-state index in [4.69, 9.17) is 0 Å². The van der Waals surface area contributed by atoms with Gasteiger partial charge in [-0.25, -0.2) is 4.98 Å². The molecule has 18 heavy (non-hydrogen) atoms. The number of nitrogens with one attached hydrogen (secondary N) is 1. The Morgan fingerprint density at radius 2 is 1.94 bits per heavy atom. The largest absolute Gasteiger partial charge is 0.321 e. The molecular weight excluding hydrogens is 428 g/mol. The van der Waals surface area contributed by atoms with Gasteiger partial charge >= 0.3 is 0 Å². The number of carbonyl (C=O) groups excluding carboxylic acids is 1. The van der Waals surface area contributed by atoms with Crippen LogP contribution in [0.4, 0.5) is 5.69 Å². The quantitative estimate of drug-likeness (QED) is 0.701. The molecule has 6 heteroatoms. The third-order valence-electron chi connectivity index (χ3n) is 2.18. The number of hydrogen-bond donors (Lipinski definition) is 1. The summed E-state index contributed by atoms with van der Waals surface area (Å²) in [5.41, 5.74) is 1.19. The zero-order valence-electron chi connectivity index (χ0n) is 8.95. The van der Waals surface area contributed by atoms with E-state index in [1.807, 2.05) is 18.2 Å². The Bertz CT molecular complexity index is 602.